The van der Waals surface area contributed by atoms with Gasteiger partial charge in [-0.2, -0.15) is 0 Å². The molecule has 1 aliphatic rings. The van der Waals surface area contributed by atoms with Gasteiger partial charge in [0.2, 0.25) is 0 Å². The second kappa shape index (κ2) is 5.70. The second-order valence-electron chi connectivity index (χ2n) is 5.22. The summed E-state index contributed by atoms with van der Waals surface area (Å²) in [6.45, 7) is 1.92. The van der Waals surface area contributed by atoms with Gasteiger partial charge >= 0.3 is 5.82 Å². The molecule has 2 aromatic rings. The summed E-state index contributed by atoms with van der Waals surface area (Å²) in [5.41, 5.74) is 1.46. The van der Waals surface area contributed by atoms with Gasteiger partial charge in [0.15, 0.2) is 5.76 Å². The molecule has 0 aliphatic heterocycles. The van der Waals surface area contributed by atoms with E-state index in [1.165, 1.54) is 36.1 Å². The Hall–Kier alpha value is -1.42. The van der Waals surface area contributed by atoms with Gasteiger partial charge in [-0.05, 0) is 37.0 Å². The van der Waals surface area contributed by atoms with E-state index in [4.69, 9.17) is 4.52 Å². The maximum Gasteiger partial charge on any atom is 0.322 e. The summed E-state index contributed by atoms with van der Waals surface area (Å²) in [6, 6.07) is 10.8. The third kappa shape index (κ3) is 3.32. The van der Waals surface area contributed by atoms with Crippen molar-refractivity contribution in [3.63, 3.8) is 0 Å². The molecule has 0 radical (unpaired) electrons. The number of H-pyrrole nitrogens is 1. The minimum Gasteiger partial charge on any atom is -0.308 e. The Kier molecular flexibility index (Phi) is 3.78. The number of aromatic nitrogens is 1. The number of hydrogen-bond donors (Lipinski definition) is 1. The van der Waals surface area contributed by atoms with E-state index in [0.717, 1.165) is 17.5 Å². The number of benzene rings is 1. The fourth-order valence-corrected chi connectivity index (χ4v) is 2.89. The first-order valence-electron chi connectivity index (χ1n) is 6.79. The summed E-state index contributed by atoms with van der Waals surface area (Å²) in [5, 5.41) is 2.82. The molecule has 0 unspecified atom stereocenters. The number of aromatic amines is 1. The van der Waals surface area contributed by atoms with Crippen LogP contribution in [-0.2, 0) is 6.42 Å². The Bertz CT molecular complexity index is 531. The number of hydrogen-bond acceptors (Lipinski definition) is 3. The van der Waals surface area contributed by atoms with E-state index in [9.17, 15) is 0 Å². The van der Waals surface area contributed by atoms with Gasteiger partial charge in [-0.3, -0.25) is 0 Å². The third-order valence-corrected chi connectivity index (χ3v) is 4.45. The lowest BCUT2D eigenvalue weighted by atomic mass is 9.81. The van der Waals surface area contributed by atoms with E-state index in [1.807, 2.05) is 13.0 Å². The fourth-order valence-electron chi connectivity index (χ4n) is 2.29. The molecule has 100 valence electrons. The first-order valence-corrected chi connectivity index (χ1v) is 7.61. The molecule has 1 aromatic carbocycles. The molecule has 19 heavy (non-hydrogen) atoms. The van der Waals surface area contributed by atoms with E-state index in [2.05, 4.69) is 34.1 Å². The van der Waals surface area contributed by atoms with Crippen LogP contribution in [0.5, 0.6) is 0 Å². The topological polar surface area (TPSA) is 39.3 Å². The zero-order valence-corrected chi connectivity index (χ0v) is 11.9. The van der Waals surface area contributed by atoms with Gasteiger partial charge < -0.3 is 4.52 Å². The lowest BCUT2D eigenvalue weighted by molar-refractivity contribution is -0.597. The van der Waals surface area contributed by atoms with Crippen LogP contribution in [0.1, 0.15) is 30.6 Å². The highest BCUT2D eigenvalue weighted by molar-refractivity contribution is 8.00. The van der Waals surface area contributed by atoms with E-state index < -0.39 is 0 Å². The summed E-state index contributed by atoms with van der Waals surface area (Å²) >= 11 is 1.59. The molecule has 0 saturated heterocycles. The average molecular weight is 275 g/mol. The summed E-state index contributed by atoms with van der Waals surface area (Å²) in [6.07, 6.45) is 5.48. The van der Waals surface area contributed by atoms with E-state index >= 15 is 0 Å². The molecule has 2 N–H and O–H groups in total. The summed E-state index contributed by atoms with van der Waals surface area (Å²) in [7, 11) is 0. The lowest BCUT2D eigenvalue weighted by Crippen LogP contribution is -2.13. The van der Waals surface area contributed by atoms with Gasteiger partial charge in [0.1, 0.15) is 0 Å². The maximum absolute atomic E-state index is 5.13. The van der Waals surface area contributed by atoms with E-state index in [0.29, 0.717) is 0 Å². The van der Waals surface area contributed by atoms with Gasteiger partial charge in [-0.25, -0.2) is 4.72 Å². The van der Waals surface area contributed by atoms with Crippen molar-refractivity contribution in [2.75, 3.05) is 4.72 Å². The first-order chi connectivity index (χ1) is 9.29. The van der Waals surface area contributed by atoms with Crippen molar-refractivity contribution in [2.45, 2.75) is 37.5 Å². The van der Waals surface area contributed by atoms with Crippen molar-refractivity contribution in [1.29, 1.82) is 0 Å². The zero-order chi connectivity index (χ0) is 13.1. The summed E-state index contributed by atoms with van der Waals surface area (Å²) in [5.74, 6) is 2.69. The number of anilines is 1. The minimum absolute atomic E-state index is 0.874. The van der Waals surface area contributed by atoms with Crippen LogP contribution in [0.3, 0.4) is 0 Å². The van der Waals surface area contributed by atoms with Crippen molar-refractivity contribution in [3.8, 4) is 0 Å². The van der Waals surface area contributed by atoms with Gasteiger partial charge in [0.25, 0.3) is 0 Å². The molecule has 1 fully saturated rings. The van der Waals surface area contributed by atoms with Crippen LogP contribution in [0, 0.1) is 12.8 Å². The Balaban J connectivity index is 1.53. The highest BCUT2D eigenvalue weighted by Crippen LogP contribution is 2.30. The Morgan fingerprint density at radius 2 is 2.11 bits per heavy atom. The summed E-state index contributed by atoms with van der Waals surface area (Å²) < 4.78 is 8.37. The Morgan fingerprint density at radius 3 is 2.68 bits per heavy atom. The molecule has 1 aliphatic carbocycles. The van der Waals surface area contributed by atoms with Crippen LogP contribution in [-0.4, -0.2) is 0 Å². The van der Waals surface area contributed by atoms with Crippen LogP contribution < -0.4 is 9.88 Å². The molecule has 4 heteroatoms. The Labute approximate surface area is 117 Å². The Morgan fingerprint density at radius 1 is 1.32 bits per heavy atom. The normalized spacial score (nSPS) is 15.2. The molecule has 1 heterocycles. The maximum atomic E-state index is 5.13. The standard InChI is InChI=1S/C15H18N2OS/c1-11-9-15(16-18-11)17-19-14-7-5-13(6-8-14)10-12-3-2-4-12/h5-9,12H,2-4,10H2,1H3,(H,16,17)/p+1. The summed E-state index contributed by atoms with van der Waals surface area (Å²) in [4.78, 5) is 1.21. The molecule has 0 spiro atoms. The highest BCUT2D eigenvalue weighted by Gasteiger charge is 2.17. The van der Waals surface area contributed by atoms with E-state index in [1.54, 1.807) is 11.9 Å². The molecule has 0 atom stereocenters. The largest absolute Gasteiger partial charge is 0.322 e. The molecule has 0 bridgehead atoms. The van der Waals surface area contributed by atoms with Crippen LogP contribution in [0.4, 0.5) is 5.82 Å². The van der Waals surface area contributed by atoms with Crippen LogP contribution in [0.2, 0.25) is 0 Å². The van der Waals surface area contributed by atoms with Crippen LogP contribution in [0.15, 0.2) is 39.8 Å². The molecule has 3 rings (SSSR count). The number of rotatable bonds is 5. The third-order valence-electron chi connectivity index (χ3n) is 3.62. The van der Waals surface area contributed by atoms with Crippen molar-refractivity contribution < 1.29 is 9.68 Å². The molecule has 0 amide bonds. The van der Waals surface area contributed by atoms with E-state index in [-0.39, 0.29) is 0 Å². The van der Waals surface area contributed by atoms with Gasteiger partial charge in [0, 0.05) is 0 Å². The zero-order valence-electron chi connectivity index (χ0n) is 11.1. The minimum atomic E-state index is 0.874. The monoisotopic (exact) mass is 275 g/mol. The van der Waals surface area contributed by atoms with Crippen molar-refractivity contribution >= 4 is 17.8 Å². The predicted octanol–water partition coefficient (Wildman–Crippen LogP) is 3.86. The van der Waals surface area contributed by atoms with Crippen molar-refractivity contribution in [3.05, 3.63) is 41.7 Å². The van der Waals surface area contributed by atoms with Crippen LogP contribution >= 0.6 is 11.9 Å². The highest BCUT2D eigenvalue weighted by atomic mass is 32.2. The van der Waals surface area contributed by atoms with Gasteiger partial charge in [-0.1, -0.05) is 36.6 Å². The van der Waals surface area contributed by atoms with Crippen molar-refractivity contribution in [2.24, 2.45) is 5.92 Å². The van der Waals surface area contributed by atoms with Gasteiger partial charge in [-0.15, -0.1) is 0 Å². The van der Waals surface area contributed by atoms with Crippen molar-refractivity contribution in [1.82, 2.24) is 0 Å². The molecule has 1 saturated carbocycles. The quantitative estimate of drug-likeness (QED) is 0.842. The van der Waals surface area contributed by atoms with Crippen LogP contribution in [0.25, 0.3) is 0 Å². The van der Waals surface area contributed by atoms with Gasteiger partial charge in [0.05, 0.1) is 22.9 Å². The second-order valence-corrected chi connectivity index (χ2v) is 6.10. The molecular formula is C15H19N2OS+. The SMILES string of the molecule is Cc1cc(NSc2ccc(CC3CCC3)cc2)[nH+]o1. The first kappa shape index (κ1) is 12.6. The smallest absolute Gasteiger partial charge is 0.308 e. The number of aryl methyl sites for hydroxylation is 1. The predicted molar refractivity (Wildman–Crippen MR) is 77.0 cm³/mol. The number of nitrogens with one attached hydrogen (secondary N) is 2. The molecule has 1 aromatic heterocycles. The molecular weight excluding hydrogens is 256 g/mol. The molecule has 3 nitrogen and oxygen atoms in total. The fraction of sp³-hybridized carbons (Fsp3) is 0.400. The lowest BCUT2D eigenvalue weighted by Gasteiger charge is -2.25. The average Bonchev–Trinajstić information content (AvgIpc) is 2.79.